The summed E-state index contributed by atoms with van der Waals surface area (Å²) >= 11 is 0. The van der Waals surface area contributed by atoms with E-state index in [1.807, 2.05) is 12.1 Å². The number of aromatic nitrogens is 4. The lowest BCUT2D eigenvalue weighted by Crippen LogP contribution is -2.43. The van der Waals surface area contributed by atoms with Crippen molar-refractivity contribution in [2.45, 2.75) is 63.5 Å². The van der Waals surface area contributed by atoms with E-state index in [0.29, 0.717) is 11.7 Å². The van der Waals surface area contributed by atoms with Crippen LogP contribution in [0.4, 0.5) is 10.6 Å². The van der Waals surface area contributed by atoms with E-state index in [4.69, 9.17) is 20.8 Å². The van der Waals surface area contributed by atoms with Gasteiger partial charge in [0.05, 0.1) is 5.56 Å². The molecule has 0 bridgehead atoms. The summed E-state index contributed by atoms with van der Waals surface area (Å²) < 4.78 is 2.11. The number of amides is 1. The van der Waals surface area contributed by atoms with Crippen molar-refractivity contribution < 1.29 is 9.90 Å². The standard InChI is InChI=1S/C30H35N7O2/c31-27-24(7-4-16-32-27)28-35-26-13-12-25(21-5-2-1-3-6-21)34-29(26)37(28)23-10-8-20(9-11-23)19-36-17-14-22(15-18-36)33-30(38)39/h4,7-13,16,21-22,33H,1-3,5-6,14-15,17-19H2,(H2,31,32)(H,38,39). The fourth-order valence-corrected chi connectivity index (χ4v) is 6.05. The van der Waals surface area contributed by atoms with Gasteiger partial charge in [0.1, 0.15) is 11.3 Å². The fourth-order valence-electron chi connectivity index (χ4n) is 6.05. The number of imidazole rings is 1. The van der Waals surface area contributed by atoms with Gasteiger partial charge in [-0.25, -0.2) is 19.7 Å². The number of piperidine rings is 1. The van der Waals surface area contributed by atoms with Gasteiger partial charge >= 0.3 is 6.09 Å². The highest BCUT2D eigenvalue weighted by atomic mass is 16.4. The van der Waals surface area contributed by atoms with Gasteiger partial charge in [-0.15, -0.1) is 0 Å². The molecule has 2 fully saturated rings. The van der Waals surface area contributed by atoms with E-state index in [1.165, 1.54) is 37.7 Å². The van der Waals surface area contributed by atoms with Crippen molar-refractivity contribution in [2.75, 3.05) is 18.8 Å². The number of rotatable bonds is 6. The zero-order valence-electron chi connectivity index (χ0n) is 22.1. The van der Waals surface area contributed by atoms with Crippen LogP contribution in [0, 0.1) is 0 Å². The number of nitrogens with one attached hydrogen (secondary N) is 1. The Labute approximate surface area is 228 Å². The molecule has 4 aromatic rings. The van der Waals surface area contributed by atoms with Gasteiger partial charge in [0.25, 0.3) is 0 Å². The minimum absolute atomic E-state index is 0.0417. The number of carbonyl (C=O) groups is 1. The molecule has 0 spiro atoms. The molecule has 1 saturated carbocycles. The third-order valence-electron chi connectivity index (χ3n) is 8.14. The highest BCUT2D eigenvalue weighted by Crippen LogP contribution is 2.35. The third-order valence-corrected chi connectivity index (χ3v) is 8.14. The molecular formula is C30H35N7O2. The van der Waals surface area contributed by atoms with Crippen molar-refractivity contribution in [2.24, 2.45) is 0 Å². The molecule has 4 heterocycles. The van der Waals surface area contributed by atoms with Gasteiger partial charge in [0.2, 0.25) is 0 Å². The maximum Gasteiger partial charge on any atom is 0.404 e. The molecule has 0 unspecified atom stereocenters. The lowest BCUT2D eigenvalue weighted by molar-refractivity contribution is 0.165. The Morgan fingerprint density at radius 1 is 0.974 bits per heavy atom. The van der Waals surface area contributed by atoms with Gasteiger partial charge in [-0.05, 0) is 67.6 Å². The number of nitrogens with zero attached hydrogens (tertiary/aromatic N) is 5. The summed E-state index contributed by atoms with van der Waals surface area (Å²) in [6.07, 6.45) is 8.62. The largest absolute Gasteiger partial charge is 0.465 e. The van der Waals surface area contributed by atoms with Crippen LogP contribution < -0.4 is 11.1 Å². The molecule has 9 nitrogen and oxygen atoms in total. The van der Waals surface area contributed by atoms with Gasteiger partial charge in [-0.1, -0.05) is 31.4 Å². The molecule has 4 N–H and O–H groups in total. The Morgan fingerprint density at radius 3 is 2.46 bits per heavy atom. The second kappa shape index (κ2) is 11.0. The summed E-state index contributed by atoms with van der Waals surface area (Å²) in [5.74, 6) is 1.68. The van der Waals surface area contributed by atoms with Crippen LogP contribution in [-0.2, 0) is 6.54 Å². The van der Waals surface area contributed by atoms with Crippen molar-refractivity contribution in [1.82, 2.24) is 29.7 Å². The number of carboxylic acid groups (broad SMARTS) is 1. The van der Waals surface area contributed by atoms with Gasteiger partial charge in [0, 0.05) is 49.2 Å². The number of nitrogens with two attached hydrogens (primary N) is 1. The van der Waals surface area contributed by atoms with E-state index >= 15 is 0 Å². The van der Waals surface area contributed by atoms with E-state index in [9.17, 15) is 4.79 Å². The maximum absolute atomic E-state index is 10.9. The van der Waals surface area contributed by atoms with E-state index < -0.39 is 6.09 Å². The van der Waals surface area contributed by atoms with E-state index in [2.05, 4.69) is 56.2 Å². The molecule has 1 saturated heterocycles. The number of likely N-dealkylation sites (tertiary alicyclic amines) is 1. The molecule has 3 aromatic heterocycles. The van der Waals surface area contributed by atoms with Crippen LogP contribution in [0.1, 0.15) is 62.1 Å². The Bertz CT molecular complexity index is 1450. The smallest absolute Gasteiger partial charge is 0.404 e. The quantitative estimate of drug-likeness (QED) is 0.310. The monoisotopic (exact) mass is 525 g/mol. The van der Waals surface area contributed by atoms with Crippen molar-refractivity contribution in [3.8, 4) is 17.1 Å². The minimum Gasteiger partial charge on any atom is -0.465 e. The number of pyridine rings is 2. The zero-order valence-corrected chi connectivity index (χ0v) is 22.1. The first-order valence-electron chi connectivity index (χ1n) is 14.0. The highest BCUT2D eigenvalue weighted by Gasteiger charge is 2.23. The molecule has 1 aliphatic heterocycles. The van der Waals surface area contributed by atoms with Crippen LogP contribution in [0.25, 0.3) is 28.2 Å². The van der Waals surface area contributed by atoms with Gasteiger partial charge in [-0.2, -0.15) is 0 Å². The molecule has 1 amide bonds. The van der Waals surface area contributed by atoms with Crippen LogP contribution >= 0.6 is 0 Å². The first kappa shape index (κ1) is 25.3. The number of hydrogen-bond acceptors (Lipinski definition) is 6. The number of anilines is 1. The molecule has 0 atom stereocenters. The molecule has 6 rings (SSSR count). The number of nitrogen functional groups attached to an aromatic ring is 1. The van der Waals surface area contributed by atoms with E-state index in [1.54, 1.807) is 6.20 Å². The molecule has 1 aromatic carbocycles. The molecule has 0 radical (unpaired) electrons. The minimum atomic E-state index is -0.941. The fraction of sp³-hybridized carbons (Fsp3) is 0.400. The Kier molecular flexibility index (Phi) is 7.15. The lowest BCUT2D eigenvalue weighted by atomic mass is 9.87. The first-order chi connectivity index (χ1) is 19.0. The van der Waals surface area contributed by atoms with Crippen molar-refractivity contribution >= 4 is 23.1 Å². The van der Waals surface area contributed by atoms with Crippen LogP contribution in [0.5, 0.6) is 0 Å². The second-order valence-electron chi connectivity index (χ2n) is 10.8. The Balaban J connectivity index is 1.31. The van der Waals surface area contributed by atoms with Crippen LogP contribution in [0.15, 0.2) is 54.7 Å². The number of benzene rings is 1. The molecule has 9 heteroatoms. The lowest BCUT2D eigenvalue weighted by Gasteiger charge is -2.31. The summed E-state index contributed by atoms with van der Waals surface area (Å²) in [6, 6.07) is 16.7. The zero-order chi connectivity index (χ0) is 26.8. The van der Waals surface area contributed by atoms with Crippen LogP contribution in [0.3, 0.4) is 0 Å². The summed E-state index contributed by atoms with van der Waals surface area (Å²) in [7, 11) is 0. The van der Waals surface area contributed by atoms with Crippen molar-refractivity contribution in [1.29, 1.82) is 0 Å². The van der Waals surface area contributed by atoms with E-state index in [0.717, 1.165) is 66.4 Å². The topological polar surface area (TPSA) is 122 Å². The van der Waals surface area contributed by atoms with Crippen LogP contribution in [-0.4, -0.2) is 54.8 Å². The number of fused-ring (bicyclic) bond motifs is 1. The van der Waals surface area contributed by atoms with E-state index in [-0.39, 0.29) is 6.04 Å². The number of hydrogen-bond donors (Lipinski definition) is 3. The molecular weight excluding hydrogens is 490 g/mol. The van der Waals surface area contributed by atoms with Gasteiger partial charge < -0.3 is 16.2 Å². The first-order valence-corrected chi connectivity index (χ1v) is 14.0. The molecule has 39 heavy (non-hydrogen) atoms. The average Bonchev–Trinajstić information content (AvgIpc) is 3.33. The van der Waals surface area contributed by atoms with Gasteiger partial charge in [0.15, 0.2) is 11.5 Å². The predicted molar refractivity (Wildman–Crippen MR) is 152 cm³/mol. The molecule has 2 aliphatic rings. The van der Waals surface area contributed by atoms with Gasteiger partial charge in [-0.3, -0.25) is 9.47 Å². The van der Waals surface area contributed by atoms with Crippen molar-refractivity contribution in [3.05, 3.63) is 66.0 Å². The molecule has 202 valence electrons. The Hall–Kier alpha value is -3.98. The predicted octanol–water partition coefficient (Wildman–Crippen LogP) is 5.34. The normalized spacial score (nSPS) is 17.4. The summed E-state index contributed by atoms with van der Waals surface area (Å²) in [5, 5.41) is 11.6. The summed E-state index contributed by atoms with van der Waals surface area (Å²) in [6.45, 7) is 2.57. The summed E-state index contributed by atoms with van der Waals surface area (Å²) in [4.78, 5) is 27.8. The SMILES string of the molecule is Nc1ncccc1-c1nc2ccc(C3CCCCC3)nc2n1-c1ccc(CN2CCC(NC(=O)O)CC2)cc1. The maximum atomic E-state index is 10.9. The second-order valence-corrected chi connectivity index (χ2v) is 10.8. The van der Waals surface area contributed by atoms with Crippen molar-refractivity contribution in [3.63, 3.8) is 0 Å². The highest BCUT2D eigenvalue weighted by molar-refractivity contribution is 5.83. The summed E-state index contributed by atoms with van der Waals surface area (Å²) in [5.41, 5.74) is 12.1. The van der Waals surface area contributed by atoms with Crippen LogP contribution in [0.2, 0.25) is 0 Å². The average molecular weight is 526 g/mol. The molecule has 1 aliphatic carbocycles. The Morgan fingerprint density at radius 2 is 1.74 bits per heavy atom. The third kappa shape index (κ3) is 5.45.